The van der Waals surface area contributed by atoms with E-state index in [-0.39, 0.29) is 5.97 Å². The largest absolute Gasteiger partial charge is 0.472 e. The molecular formula is C13H12O3. The summed E-state index contributed by atoms with van der Waals surface area (Å²) in [6.45, 7) is 0. The molecule has 1 aromatic heterocycles. The highest BCUT2D eigenvalue weighted by Crippen LogP contribution is 2.11. The number of methoxy groups -OCH3 is 1. The summed E-state index contributed by atoms with van der Waals surface area (Å²) in [6.07, 6.45) is 4.17. The molecule has 0 N–H and O–H groups in total. The summed E-state index contributed by atoms with van der Waals surface area (Å²) in [6, 6.07) is 9.29. The smallest absolute Gasteiger partial charge is 0.337 e. The predicted molar refractivity (Wildman–Crippen MR) is 59.3 cm³/mol. The third-order valence-corrected chi connectivity index (χ3v) is 2.36. The number of ether oxygens (including phenoxy) is 1. The second-order valence-corrected chi connectivity index (χ2v) is 3.50. The van der Waals surface area contributed by atoms with Crippen molar-refractivity contribution in [3.05, 3.63) is 59.5 Å². The van der Waals surface area contributed by atoms with Gasteiger partial charge in [0, 0.05) is 6.42 Å². The van der Waals surface area contributed by atoms with E-state index in [1.807, 2.05) is 18.2 Å². The molecule has 16 heavy (non-hydrogen) atoms. The second-order valence-electron chi connectivity index (χ2n) is 3.50. The Bertz CT molecular complexity index is 454. The summed E-state index contributed by atoms with van der Waals surface area (Å²) < 4.78 is 9.62. The summed E-state index contributed by atoms with van der Waals surface area (Å²) in [4.78, 5) is 11.2. The van der Waals surface area contributed by atoms with Gasteiger partial charge >= 0.3 is 5.97 Å². The Hall–Kier alpha value is -2.03. The van der Waals surface area contributed by atoms with Crippen molar-refractivity contribution in [2.24, 2.45) is 0 Å². The minimum atomic E-state index is -0.310. The number of hydrogen-bond donors (Lipinski definition) is 0. The van der Waals surface area contributed by atoms with Crippen LogP contribution in [0, 0.1) is 0 Å². The molecule has 3 nitrogen and oxygen atoms in total. The van der Waals surface area contributed by atoms with E-state index in [9.17, 15) is 4.79 Å². The zero-order valence-corrected chi connectivity index (χ0v) is 8.97. The van der Waals surface area contributed by atoms with Gasteiger partial charge in [-0.15, -0.1) is 0 Å². The summed E-state index contributed by atoms with van der Waals surface area (Å²) >= 11 is 0. The van der Waals surface area contributed by atoms with Crippen LogP contribution < -0.4 is 0 Å². The molecule has 1 heterocycles. The van der Waals surface area contributed by atoms with Gasteiger partial charge in [-0.3, -0.25) is 0 Å². The molecular weight excluding hydrogens is 204 g/mol. The highest BCUT2D eigenvalue weighted by molar-refractivity contribution is 5.89. The molecule has 0 aliphatic heterocycles. The van der Waals surface area contributed by atoms with Gasteiger partial charge in [-0.25, -0.2) is 4.79 Å². The van der Waals surface area contributed by atoms with Crippen molar-refractivity contribution in [1.29, 1.82) is 0 Å². The Kier molecular flexibility index (Phi) is 3.05. The maximum absolute atomic E-state index is 11.2. The Morgan fingerprint density at radius 1 is 1.19 bits per heavy atom. The number of hydrogen-bond acceptors (Lipinski definition) is 3. The standard InChI is InChI=1S/C13H12O3/c1-15-13(14)12-4-2-10(3-5-12)8-11-6-7-16-9-11/h2-7,9H,8H2,1H3. The molecule has 0 spiro atoms. The van der Waals surface area contributed by atoms with Gasteiger partial charge in [0.05, 0.1) is 25.2 Å². The van der Waals surface area contributed by atoms with Crippen molar-refractivity contribution in [1.82, 2.24) is 0 Å². The van der Waals surface area contributed by atoms with Crippen LogP contribution in [0.4, 0.5) is 0 Å². The van der Waals surface area contributed by atoms with Gasteiger partial charge in [-0.05, 0) is 29.3 Å². The van der Waals surface area contributed by atoms with Gasteiger partial charge in [-0.1, -0.05) is 12.1 Å². The summed E-state index contributed by atoms with van der Waals surface area (Å²) in [5.74, 6) is -0.310. The van der Waals surface area contributed by atoms with Crippen LogP contribution in [0.5, 0.6) is 0 Å². The van der Waals surface area contributed by atoms with Crippen molar-refractivity contribution in [3.63, 3.8) is 0 Å². The Morgan fingerprint density at radius 3 is 2.50 bits per heavy atom. The van der Waals surface area contributed by atoms with Gasteiger partial charge in [0.25, 0.3) is 0 Å². The fourth-order valence-electron chi connectivity index (χ4n) is 1.51. The molecule has 0 atom stereocenters. The van der Waals surface area contributed by atoms with Crippen molar-refractivity contribution < 1.29 is 13.9 Å². The lowest BCUT2D eigenvalue weighted by Gasteiger charge is -2.01. The molecule has 0 amide bonds. The fourth-order valence-corrected chi connectivity index (χ4v) is 1.51. The lowest BCUT2D eigenvalue weighted by molar-refractivity contribution is 0.0600. The Morgan fingerprint density at radius 2 is 1.94 bits per heavy atom. The SMILES string of the molecule is COC(=O)c1ccc(Cc2ccoc2)cc1. The van der Waals surface area contributed by atoms with Crippen molar-refractivity contribution in [2.75, 3.05) is 7.11 Å². The van der Waals surface area contributed by atoms with E-state index in [0.29, 0.717) is 5.56 Å². The number of esters is 1. The van der Waals surface area contributed by atoms with Crippen molar-refractivity contribution in [2.45, 2.75) is 6.42 Å². The van der Waals surface area contributed by atoms with E-state index >= 15 is 0 Å². The summed E-state index contributed by atoms with van der Waals surface area (Å²) in [5, 5.41) is 0. The molecule has 3 heteroatoms. The van der Waals surface area contributed by atoms with Crippen LogP contribution in [0.25, 0.3) is 0 Å². The second kappa shape index (κ2) is 4.66. The van der Waals surface area contributed by atoms with E-state index in [1.165, 1.54) is 7.11 Å². The van der Waals surface area contributed by atoms with E-state index in [1.54, 1.807) is 24.7 Å². The first-order valence-corrected chi connectivity index (χ1v) is 4.98. The molecule has 0 saturated heterocycles. The highest BCUT2D eigenvalue weighted by atomic mass is 16.5. The third kappa shape index (κ3) is 2.31. The predicted octanol–water partition coefficient (Wildman–Crippen LogP) is 2.66. The van der Waals surface area contributed by atoms with Crippen molar-refractivity contribution >= 4 is 5.97 Å². The molecule has 2 aromatic rings. The topological polar surface area (TPSA) is 39.4 Å². The van der Waals surface area contributed by atoms with Crippen LogP contribution in [0.15, 0.2) is 47.3 Å². The van der Waals surface area contributed by atoms with E-state index in [2.05, 4.69) is 4.74 Å². The van der Waals surface area contributed by atoms with Crippen LogP contribution in [-0.2, 0) is 11.2 Å². The quantitative estimate of drug-likeness (QED) is 0.740. The first-order valence-electron chi connectivity index (χ1n) is 4.98. The van der Waals surface area contributed by atoms with Gasteiger partial charge in [0.15, 0.2) is 0 Å². The molecule has 0 aliphatic rings. The molecule has 82 valence electrons. The normalized spacial score (nSPS) is 10.1. The molecule has 0 saturated carbocycles. The number of carbonyl (C=O) groups excluding carboxylic acids is 1. The first kappa shape index (κ1) is 10.5. The van der Waals surface area contributed by atoms with Crippen LogP contribution in [0.2, 0.25) is 0 Å². The number of benzene rings is 1. The number of furan rings is 1. The first-order chi connectivity index (χ1) is 7.79. The molecule has 0 radical (unpaired) electrons. The maximum atomic E-state index is 11.2. The number of carbonyl (C=O) groups is 1. The van der Waals surface area contributed by atoms with E-state index in [4.69, 9.17) is 4.42 Å². The molecule has 0 unspecified atom stereocenters. The molecule has 2 rings (SSSR count). The van der Waals surface area contributed by atoms with Crippen LogP contribution in [-0.4, -0.2) is 13.1 Å². The van der Waals surface area contributed by atoms with Gasteiger partial charge in [0.1, 0.15) is 0 Å². The Balaban J connectivity index is 2.10. The number of rotatable bonds is 3. The average Bonchev–Trinajstić information content (AvgIpc) is 2.82. The molecule has 0 aliphatic carbocycles. The average molecular weight is 216 g/mol. The zero-order chi connectivity index (χ0) is 11.4. The molecule has 0 bridgehead atoms. The van der Waals surface area contributed by atoms with Gasteiger partial charge < -0.3 is 9.15 Å². The fraction of sp³-hybridized carbons (Fsp3) is 0.154. The minimum absolute atomic E-state index is 0.310. The summed E-state index contributed by atoms with van der Waals surface area (Å²) in [5.41, 5.74) is 2.82. The zero-order valence-electron chi connectivity index (χ0n) is 8.97. The van der Waals surface area contributed by atoms with Crippen molar-refractivity contribution in [3.8, 4) is 0 Å². The lowest BCUT2D eigenvalue weighted by atomic mass is 10.1. The maximum Gasteiger partial charge on any atom is 0.337 e. The lowest BCUT2D eigenvalue weighted by Crippen LogP contribution is -2.00. The highest BCUT2D eigenvalue weighted by Gasteiger charge is 2.04. The van der Waals surface area contributed by atoms with Crippen LogP contribution in [0.1, 0.15) is 21.5 Å². The minimum Gasteiger partial charge on any atom is -0.472 e. The van der Waals surface area contributed by atoms with Crippen LogP contribution in [0.3, 0.4) is 0 Å². The van der Waals surface area contributed by atoms with E-state index in [0.717, 1.165) is 17.5 Å². The monoisotopic (exact) mass is 216 g/mol. The molecule has 1 aromatic carbocycles. The van der Waals surface area contributed by atoms with Gasteiger partial charge in [0.2, 0.25) is 0 Å². The van der Waals surface area contributed by atoms with E-state index < -0.39 is 0 Å². The van der Waals surface area contributed by atoms with Gasteiger partial charge in [-0.2, -0.15) is 0 Å². The third-order valence-electron chi connectivity index (χ3n) is 2.36. The Labute approximate surface area is 93.7 Å². The molecule has 0 fully saturated rings. The van der Waals surface area contributed by atoms with Crippen LogP contribution >= 0.6 is 0 Å². The summed E-state index contributed by atoms with van der Waals surface area (Å²) in [7, 11) is 1.38.